The van der Waals surface area contributed by atoms with Gasteiger partial charge < -0.3 is 5.11 Å². The van der Waals surface area contributed by atoms with Gasteiger partial charge in [0.15, 0.2) is 0 Å². The fourth-order valence-electron chi connectivity index (χ4n) is 2.76. The lowest BCUT2D eigenvalue weighted by molar-refractivity contribution is 0.177. The summed E-state index contributed by atoms with van der Waals surface area (Å²) in [4.78, 5) is 0. The SMILES string of the molecule is Cc1cc(C)c(CC(O)c2cccc(C)c2Br)c(C)c1. The van der Waals surface area contributed by atoms with Crippen LogP contribution in [0.5, 0.6) is 0 Å². The van der Waals surface area contributed by atoms with Crippen molar-refractivity contribution in [2.45, 2.75) is 40.2 Å². The molecule has 0 saturated carbocycles. The molecule has 2 rings (SSSR count). The van der Waals surface area contributed by atoms with Crippen LogP contribution in [-0.2, 0) is 6.42 Å². The standard InChI is InChI=1S/C18H21BrO/c1-11-8-13(3)16(14(4)9-11)10-17(20)15-7-5-6-12(2)18(15)19/h5-9,17,20H,10H2,1-4H3. The normalized spacial score (nSPS) is 12.5. The molecular weight excluding hydrogens is 312 g/mol. The van der Waals surface area contributed by atoms with Crippen molar-refractivity contribution < 1.29 is 5.11 Å². The maximum atomic E-state index is 10.6. The third kappa shape index (κ3) is 3.13. The van der Waals surface area contributed by atoms with Gasteiger partial charge in [0.2, 0.25) is 0 Å². The first-order valence-electron chi connectivity index (χ1n) is 6.90. The monoisotopic (exact) mass is 332 g/mol. The van der Waals surface area contributed by atoms with Crippen LogP contribution in [0.15, 0.2) is 34.8 Å². The lowest BCUT2D eigenvalue weighted by atomic mass is 9.92. The van der Waals surface area contributed by atoms with E-state index < -0.39 is 6.10 Å². The summed E-state index contributed by atoms with van der Waals surface area (Å²) in [6.07, 6.45) is 0.171. The van der Waals surface area contributed by atoms with E-state index in [-0.39, 0.29) is 0 Å². The van der Waals surface area contributed by atoms with E-state index in [1.807, 2.05) is 25.1 Å². The second kappa shape index (κ2) is 6.11. The van der Waals surface area contributed by atoms with Crippen LogP contribution >= 0.6 is 15.9 Å². The Balaban J connectivity index is 2.33. The highest BCUT2D eigenvalue weighted by Crippen LogP contribution is 2.30. The molecule has 0 bridgehead atoms. The lowest BCUT2D eigenvalue weighted by Crippen LogP contribution is -2.06. The first-order valence-corrected chi connectivity index (χ1v) is 7.69. The van der Waals surface area contributed by atoms with E-state index in [9.17, 15) is 5.11 Å². The van der Waals surface area contributed by atoms with E-state index in [4.69, 9.17) is 0 Å². The molecule has 106 valence electrons. The molecule has 0 aliphatic carbocycles. The van der Waals surface area contributed by atoms with Crippen LogP contribution in [-0.4, -0.2) is 5.11 Å². The van der Waals surface area contributed by atoms with Gasteiger partial charge in [-0.05, 0) is 55.5 Å². The Hall–Kier alpha value is -1.12. The minimum absolute atomic E-state index is 0.482. The third-order valence-electron chi connectivity index (χ3n) is 3.82. The molecule has 1 N–H and O–H groups in total. The van der Waals surface area contributed by atoms with E-state index in [1.54, 1.807) is 0 Å². The molecule has 0 amide bonds. The molecule has 0 aromatic heterocycles. The summed E-state index contributed by atoms with van der Waals surface area (Å²) in [5.74, 6) is 0. The summed E-state index contributed by atoms with van der Waals surface area (Å²) in [7, 11) is 0. The number of benzene rings is 2. The van der Waals surface area contributed by atoms with Gasteiger partial charge in [0.1, 0.15) is 0 Å². The van der Waals surface area contributed by atoms with Gasteiger partial charge in [-0.3, -0.25) is 0 Å². The third-order valence-corrected chi connectivity index (χ3v) is 4.90. The molecule has 0 radical (unpaired) electrons. The predicted octanol–water partition coefficient (Wildman–Crippen LogP) is 4.96. The second-order valence-corrected chi connectivity index (χ2v) is 6.37. The van der Waals surface area contributed by atoms with Crippen LogP contribution < -0.4 is 0 Å². The summed E-state index contributed by atoms with van der Waals surface area (Å²) in [5.41, 5.74) is 7.14. The van der Waals surface area contributed by atoms with Crippen molar-refractivity contribution in [3.63, 3.8) is 0 Å². The molecular formula is C18H21BrO. The molecule has 1 unspecified atom stereocenters. The largest absolute Gasteiger partial charge is 0.388 e. The average Bonchev–Trinajstić information content (AvgIpc) is 2.36. The van der Waals surface area contributed by atoms with Crippen molar-refractivity contribution in [2.75, 3.05) is 0 Å². The van der Waals surface area contributed by atoms with Crippen molar-refractivity contribution in [3.05, 3.63) is 68.2 Å². The average molecular weight is 333 g/mol. The zero-order valence-electron chi connectivity index (χ0n) is 12.5. The molecule has 0 heterocycles. The molecule has 0 spiro atoms. The molecule has 2 aromatic rings. The van der Waals surface area contributed by atoms with Crippen molar-refractivity contribution in [2.24, 2.45) is 0 Å². The van der Waals surface area contributed by atoms with E-state index in [1.165, 1.54) is 22.3 Å². The van der Waals surface area contributed by atoms with Gasteiger partial charge in [-0.2, -0.15) is 0 Å². The summed E-state index contributed by atoms with van der Waals surface area (Å²) in [6, 6.07) is 10.4. The van der Waals surface area contributed by atoms with E-state index in [0.29, 0.717) is 6.42 Å². The highest BCUT2D eigenvalue weighted by molar-refractivity contribution is 9.10. The number of halogens is 1. The molecule has 0 fully saturated rings. The molecule has 0 aliphatic heterocycles. The second-order valence-electron chi connectivity index (χ2n) is 5.58. The predicted molar refractivity (Wildman–Crippen MR) is 88.2 cm³/mol. The van der Waals surface area contributed by atoms with Gasteiger partial charge in [0.25, 0.3) is 0 Å². The smallest absolute Gasteiger partial charge is 0.0841 e. The van der Waals surface area contributed by atoms with Gasteiger partial charge in [-0.15, -0.1) is 0 Å². The highest BCUT2D eigenvalue weighted by atomic mass is 79.9. The summed E-state index contributed by atoms with van der Waals surface area (Å²) >= 11 is 3.58. The van der Waals surface area contributed by atoms with Gasteiger partial charge in [-0.1, -0.05) is 51.8 Å². The van der Waals surface area contributed by atoms with Crippen LogP contribution in [0.4, 0.5) is 0 Å². The number of aryl methyl sites for hydroxylation is 4. The van der Waals surface area contributed by atoms with Crippen molar-refractivity contribution in [1.82, 2.24) is 0 Å². The zero-order valence-corrected chi connectivity index (χ0v) is 14.1. The number of aliphatic hydroxyl groups is 1. The quantitative estimate of drug-likeness (QED) is 0.842. The molecule has 1 nitrogen and oxygen atoms in total. The number of aliphatic hydroxyl groups excluding tert-OH is 1. The first kappa shape index (κ1) is 15.3. The minimum atomic E-state index is -0.482. The van der Waals surface area contributed by atoms with Gasteiger partial charge in [0, 0.05) is 10.9 Å². The number of hydrogen-bond acceptors (Lipinski definition) is 1. The Morgan fingerprint density at radius 3 is 2.20 bits per heavy atom. The molecule has 0 aliphatic rings. The van der Waals surface area contributed by atoms with Crippen LogP contribution in [0.2, 0.25) is 0 Å². The maximum Gasteiger partial charge on any atom is 0.0841 e. The van der Waals surface area contributed by atoms with Crippen LogP contribution in [0, 0.1) is 27.7 Å². The highest BCUT2D eigenvalue weighted by Gasteiger charge is 2.15. The fraction of sp³-hybridized carbons (Fsp3) is 0.333. The molecule has 0 saturated heterocycles. The van der Waals surface area contributed by atoms with Crippen molar-refractivity contribution in [1.29, 1.82) is 0 Å². The van der Waals surface area contributed by atoms with E-state index in [2.05, 4.69) is 48.8 Å². The summed E-state index contributed by atoms with van der Waals surface area (Å²) in [6.45, 7) is 8.39. The number of rotatable bonds is 3. The Morgan fingerprint density at radius 2 is 1.60 bits per heavy atom. The fourth-order valence-corrected chi connectivity index (χ4v) is 3.29. The summed E-state index contributed by atoms with van der Waals surface area (Å²) in [5, 5.41) is 10.6. The van der Waals surface area contributed by atoms with Crippen molar-refractivity contribution >= 4 is 15.9 Å². The topological polar surface area (TPSA) is 20.2 Å². The zero-order chi connectivity index (χ0) is 14.9. The number of hydrogen-bond donors (Lipinski definition) is 1. The Morgan fingerprint density at radius 1 is 1.00 bits per heavy atom. The molecule has 2 aromatic carbocycles. The lowest BCUT2D eigenvalue weighted by Gasteiger charge is -2.18. The summed E-state index contributed by atoms with van der Waals surface area (Å²) < 4.78 is 1.01. The van der Waals surface area contributed by atoms with Gasteiger partial charge in [-0.25, -0.2) is 0 Å². The molecule has 1 atom stereocenters. The van der Waals surface area contributed by atoms with E-state index >= 15 is 0 Å². The van der Waals surface area contributed by atoms with Crippen molar-refractivity contribution in [3.8, 4) is 0 Å². The minimum Gasteiger partial charge on any atom is -0.388 e. The molecule has 2 heteroatoms. The Bertz CT molecular complexity index is 608. The van der Waals surface area contributed by atoms with Crippen LogP contribution in [0.25, 0.3) is 0 Å². The van der Waals surface area contributed by atoms with Crippen LogP contribution in [0.1, 0.15) is 39.5 Å². The first-order chi connectivity index (χ1) is 9.40. The van der Waals surface area contributed by atoms with Gasteiger partial charge in [0.05, 0.1) is 6.10 Å². The Labute approximate surface area is 129 Å². The maximum absolute atomic E-state index is 10.6. The Kier molecular flexibility index (Phi) is 4.66. The van der Waals surface area contributed by atoms with Crippen LogP contribution in [0.3, 0.4) is 0 Å². The van der Waals surface area contributed by atoms with E-state index in [0.717, 1.165) is 15.6 Å². The van der Waals surface area contributed by atoms with Gasteiger partial charge >= 0.3 is 0 Å². The molecule has 20 heavy (non-hydrogen) atoms.